The first kappa shape index (κ1) is 12.5. The largest absolute Gasteiger partial charge is 0.484 e. The number of ether oxygens (including phenoxy) is 1. The molecular formula is C12H14FN3O2. The predicted octanol–water partition coefficient (Wildman–Crippen LogP) is 2.12. The zero-order chi connectivity index (χ0) is 13.1. The van der Waals surface area contributed by atoms with Crippen LogP contribution in [-0.2, 0) is 6.61 Å². The van der Waals surface area contributed by atoms with Crippen molar-refractivity contribution in [3.05, 3.63) is 41.3 Å². The van der Waals surface area contributed by atoms with Gasteiger partial charge in [0.15, 0.2) is 12.4 Å². The maximum atomic E-state index is 13.6. The van der Waals surface area contributed by atoms with Crippen molar-refractivity contribution in [3.63, 3.8) is 0 Å². The molecule has 0 saturated carbocycles. The number of hydrogen-bond acceptors (Lipinski definition) is 5. The summed E-state index contributed by atoms with van der Waals surface area (Å²) in [5.74, 6) is 0.897. The molecule has 0 unspecified atom stereocenters. The zero-order valence-electron chi connectivity index (χ0n) is 10.2. The van der Waals surface area contributed by atoms with Crippen molar-refractivity contribution in [2.45, 2.75) is 26.5 Å². The third-order valence-corrected chi connectivity index (χ3v) is 2.39. The molecule has 96 valence electrons. The summed E-state index contributed by atoms with van der Waals surface area (Å²) in [5.41, 5.74) is 6.07. The highest BCUT2D eigenvalue weighted by molar-refractivity contribution is 5.30. The topological polar surface area (TPSA) is 74.2 Å². The predicted molar refractivity (Wildman–Crippen MR) is 62.4 cm³/mol. The summed E-state index contributed by atoms with van der Waals surface area (Å²) in [4.78, 5) is 3.98. The van der Waals surface area contributed by atoms with Crippen molar-refractivity contribution >= 4 is 0 Å². The van der Waals surface area contributed by atoms with Crippen LogP contribution in [0.15, 0.2) is 22.7 Å². The lowest BCUT2D eigenvalue weighted by atomic mass is 10.1. The fourth-order valence-electron chi connectivity index (χ4n) is 1.51. The van der Waals surface area contributed by atoms with Crippen LogP contribution in [0.2, 0.25) is 0 Å². The molecule has 1 aromatic carbocycles. The average Bonchev–Trinajstić information content (AvgIpc) is 2.72. The third-order valence-electron chi connectivity index (χ3n) is 2.39. The molecule has 1 atom stereocenters. The molecule has 0 aliphatic rings. The molecule has 0 aliphatic heterocycles. The Labute approximate surface area is 104 Å². The van der Waals surface area contributed by atoms with E-state index in [2.05, 4.69) is 10.1 Å². The Balaban J connectivity index is 2.04. The van der Waals surface area contributed by atoms with Gasteiger partial charge in [0.1, 0.15) is 11.6 Å². The molecule has 0 spiro atoms. The van der Waals surface area contributed by atoms with E-state index < -0.39 is 0 Å². The molecule has 0 radical (unpaired) electrons. The lowest BCUT2D eigenvalue weighted by Gasteiger charge is -2.09. The van der Waals surface area contributed by atoms with Crippen molar-refractivity contribution in [2.75, 3.05) is 0 Å². The first-order chi connectivity index (χ1) is 8.56. The quantitative estimate of drug-likeness (QED) is 0.900. The van der Waals surface area contributed by atoms with Crippen LogP contribution in [0.5, 0.6) is 5.75 Å². The van der Waals surface area contributed by atoms with Crippen LogP contribution in [0.1, 0.15) is 30.2 Å². The van der Waals surface area contributed by atoms with Gasteiger partial charge in [-0.2, -0.15) is 4.98 Å². The minimum absolute atomic E-state index is 0.109. The van der Waals surface area contributed by atoms with Gasteiger partial charge in [-0.05, 0) is 19.9 Å². The molecule has 18 heavy (non-hydrogen) atoms. The number of halogens is 1. The number of rotatable bonds is 4. The molecule has 0 bridgehead atoms. The summed E-state index contributed by atoms with van der Waals surface area (Å²) in [6.07, 6.45) is 0. The van der Waals surface area contributed by atoms with Gasteiger partial charge < -0.3 is 15.0 Å². The van der Waals surface area contributed by atoms with Crippen molar-refractivity contribution in [1.29, 1.82) is 0 Å². The van der Waals surface area contributed by atoms with Gasteiger partial charge in [0.05, 0.1) is 0 Å². The Bertz CT molecular complexity index is 540. The highest BCUT2D eigenvalue weighted by Gasteiger charge is 2.09. The van der Waals surface area contributed by atoms with E-state index in [0.29, 0.717) is 23.0 Å². The van der Waals surface area contributed by atoms with Crippen LogP contribution < -0.4 is 10.5 Å². The Kier molecular flexibility index (Phi) is 3.57. The summed E-state index contributed by atoms with van der Waals surface area (Å²) in [7, 11) is 0. The number of aromatic nitrogens is 2. The van der Waals surface area contributed by atoms with Gasteiger partial charge in [-0.3, -0.25) is 0 Å². The van der Waals surface area contributed by atoms with E-state index in [1.807, 2.05) is 0 Å². The summed E-state index contributed by atoms with van der Waals surface area (Å²) < 4.78 is 23.8. The smallest absolute Gasteiger partial charge is 0.264 e. The lowest BCUT2D eigenvalue weighted by Crippen LogP contribution is -2.07. The van der Waals surface area contributed by atoms with Gasteiger partial charge in [0, 0.05) is 17.7 Å². The van der Waals surface area contributed by atoms with Crippen LogP contribution in [0, 0.1) is 12.7 Å². The molecule has 0 saturated heterocycles. The van der Waals surface area contributed by atoms with Crippen molar-refractivity contribution in [3.8, 4) is 5.75 Å². The van der Waals surface area contributed by atoms with Gasteiger partial charge >= 0.3 is 0 Å². The number of aryl methyl sites for hydroxylation is 1. The number of nitrogens with two attached hydrogens (primary N) is 1. The fraction of sp³-hybridized carbons (Fsp3) is 0.333. The molecule has 1 heterocycles. The van der Waals surface area contributed by atoms with Gasteiger partial charge in [-0.1, -0.05) is 11.2 Å². The van der Waals surface area contributed by atoms with E-state index in [9.17, 15) is 4.39 Å². The Morgan fingerprint density at radius 3 is 2.83 bits per heavy atom. The first-order valence-electron chi connectivity index (χ1n) is 5.53. The zero-order valence-corrected chi connectivity index (χ0v) is 10.2. The standard InChI is InChI=1S/C12H14FN3O2/c1-7(14)10-4-3-9(5-11(10)13)17-6-12-15-8(2)16-18-12/h3-5,7H,6,14H2,1-2H3/t7-/m1/s1. The molecule has 2 rings (SSSR count). The second-order valence-electron chi connectivity index (χ2n) is 4.00. The summed E-state index contributed by atoms with van der Waals surface area (Å²) in [5, 5.41) is 3.63. The van der Waals surface area contributed by atoms with Gasteiger partial charge in [0.25, 0.3) is 5.89 Å². The monoisotopic (exact) mass is 251 g/mol. The second-order valence-corrected chi connectivity index (χ2v) is 4.00. The van der Waals surface area contributed by atoms with E-state index in [1.165, 1.54) is 6.07 Å². The number of hydrogen-bond donors (Lipinski definition) is 1. The van der Waals surface area contributed by atoms with Crippen molar-refractivity contribution < 1.29 is 13.7 Å². The molecule has 0 fully saturated rings. The van der Waals surface area contributed by atoms with Crippen LogP contribution in [0.3, 0.4) is 0 Å². The average molecular weight is 251 g/mol. The Morgan fingerprint density at radius 2 is 2.28 bits per heavy atom. The van der Waals surface area contributed by atoms with Crippen molar-refractivity contribution in [2.24, 2.45) is 5.73 Å². The maximum absolute atomic E-state index is 13.6. The SMILES string of the molecule is Cc1noc(COc2ccc([C@@H](C)N)c(F)c2)n1. The van der Waals surface area contributed by atoms with Gasteiger partial charge in [-0.25, -0.2) is 4.39 Å². The summed E-state index contributed by atoms with van der Waals surface area (Å²) >= 11 is 0. The van der Waals surface area contributed by atoms with Crippen LogP contribution in [0.25, 0.3) is 0 Å². The minimum Gasteiger partial charge on any atom is -0.484 e. The van der Waals surface area contributed by atoms with E-state index in [4.69, 9.17) is 15.0 Å². The van der Waals surface area contributed by atoms with Crippen LogP contribution >= 0.6 is 0 Å². The highest BCUT2D eigenvalue weighted by Crippen LogP contribution is 2.21. The molecule has 2 aromatic rings. The highest BCUT2D eigenvalue weighted by atomic mass is 19.1. The van der Waals surface area contributed by atoms with Crippen molar-refractivity contribution in [1.82, 2.24) is 10.1 Å². The van der Waals surface area contributed by atoms with E-state index in [-0.39, 0.29) is 18.5 Å². The van der Waals surface area contributed by atoms with Crippen LogP contribution in [0.4, 0.5) is 4.39 Å². The Morgan fingerprint density at radius 1 is 1.50 bits per heavy atom. The molecule has 5 nitrogen and oxygen atoms in total. The number of nitrogens with zero attached hydrogens (tertiary/aromatic N) is 2. The normalized spacial score (nSPS) is 12.4. The first-order valence-corrected chi connectivity index (χ1v) is 5.53. The summed E-state index contributed by atoms with van der Waals surface area (Å²) in [6.45, 7) is 3.54. The molecule has 6 heteroatoms. The van der Waals surface area contributed by atoms with Gasteiger partial charge in [0.2, 0.25) is 0 Å². The summed E-state index contributed by atoms with van der Waals surface area (Å²) in [6, 6.07) is 4.21. The third kappa shape index (κ3) is 2.84. The second kappa shape index (κ2) is 5.14. The maximum Gasteiger partial charge on any atom is 0.264 e. The molecule has 1 aromatic heterocycles. The molecule has 0 aliphatic carbocycles. The van der Waals surface area contributed by atoms with E-state index in [1.54, 1.807) is 26.0 Å². The van der Waals surface area contributed by atoms with Gasteiger partial charge in [-0.15, -0.1) is 0 Å². The van der Waals surface area contributed by atoms with E-state index in [0.717, 1.165) is 0 Å². The van der Waals surface area contributed by atoms with Crippen LogP contribution in [-0.4, -0.2) is 10.1 Å². The molecule has 2 N–H and O–H groups in total. The lowest BCUT2D eigenvalue weighted by molar-refractivity contribution is 0.241. The molecule has 0 amide bonds. The number of benzene rings is 1. The Hall–Kier alpha value is -1.95. The molecular weight excluding hydrogens is 237 g/mol. The minimum atomic E-state index is -0.385. The van der Waals surface area contributed by atoms with E-state index >= 15 is 0 Å². The fourth-order valence-corrected chi connectivity index (χ4v) is 1.51.